The predicted octanol–water partition coefficient (Wildman–Crippen LogP) is 4.09. The number of halogens is 2. The van der Waals surface area contributed by atoms with E-state index in [0.717, 1.165) is 23.9 Å². The van der Waals surface area contributed by atoms with Crippen LogP contribution in [0.1, 0.15) is 11.5 Å². The van der Waals surface area contributed by atoms with Crippen LogP contribution in [0.2, 0.25) is 0 Å². The highest BCUT2D eigenvalue weighted by Crippen LogP contribution is 2.57. The maximum Gasteiger partial charge on any atom is 0.323 e. The number of carbonyl (C=O) groups is 1. The highest BCUT2D eigenvalue weighted by Gasteiger charge is 2.55. The van der Waals surface area contributed by atoms with Crippen molar-refractivity contribution in [3.8, 4) is 0 Å². The molecule has 5 nitrogen and oxygen atoms in total. The van der Waals surface area contributed by atoms with Gasteiger partial charge in [-0.3, -0.25) is 4.98 Å². The monoisotopic (exact) mass is 380 g/mol. The molecular formula is C21H18F2N4O. The highest BCUT2D eigenvalue weighted by atomic mass is 19.1. The van der Waals surface area contributed by atoms with Crippen LogP contribution in [0, 0.1) is 23.5 Å². The average Bonchev–Trinajstić information content (AvgIpc) is 3.10. The van der Waals surface area contributed by atoms with Crippen molar-refractivity contribution in [2.45, 2.75) is 5.92 Å². The lowest BCUT2D eigenvalue weighted by Gasteiger charge is -2.12. The molecule has 3 N–H and O–H groups in total. The van der Waals surface area contributed by atoms with E-state index in [1.807, 2.05) is 6.07 Å². The molecule has 1 aliphatic carbocycles. The summed E-state index contributed by atoms with van der Waals surface area (Å²) < 4.78 is 29.1. The fraction of sp³-hybridized carbons (Fsp3) is 0.238. The normalized spacial score (nSPS) is 22.7. The molecule has 2 unspecified atom stereocenters. The van der Waals surface area contributed by atoms with Crippen molar-refractivity contribution in [3.63, 3.8) is 0 Å². The zero-order chi connectivity index (χ0) is 19.3. The SMILES string of the molecule is O=C(Nc1cc(F)c(C2C3CNCC32)c(F)c1)Nc1cccc2cnccc12. The summed E-state index contributed by atoms with van der Waals surface area (Å²) in [7, 11) is 0. The summed E-state index contributed by atoms with van der Waals surface area (Å²) in [6.45, 7) is 1.61. The maximum atomic E-state index is 14.6. The molecule has 2 aromatic carbocycles. The molecule has 1 saturated heterocycles. The molecule has 28 heavy (non-hydrogen) atoms. The first-order chi connectivity index (χ1) is 13.6. The second-order valence-corrected chi connectivity index (χ2v) is 7.35. The van der Waals surface area contributed by atoms with Crippen LogP contribution >= 0.6 is 0 Å². The molecule has 2 fully saturated rings. The Balaban J connectivity index is 1.34. The van der Waals surface area contributed by atoms with Gasteiger partial charge in [-0.05, 0) is 55.1 Å². The Bertz CT molecular complexity index is 1050. The number of nitrogens with one attached hydrogen (secondary N) is 3. The van der Waals surface area contributed by atoms with E-state index in [1.54, 1.807) is 30.6 Å². The largest absolute Gasteiger partial charge is 0.323 e. The number of aromatic nitrogens is 1. The molecule has 2 amide bonds. The molecule has 2 heterocycles. The van der Waals surface area contributed by atoms with Crippen molar-refractivity contribution in [2.24, 2.45) is 11.8 Å². The first-order valence-corrected chi connectivity index (χ1v) is 9.22. The van der Waals surface area contributed by atoms with Gasteiger partial charge in [-0.2, -0.15) is 0 Å². The smallest absolute Gasteiger partial charge is 0.316 e. The minimum absolute atomic E-state index is 0.0616. The molecule has 0 radical (unpaired) electrons. The molecule has 1 aromatic heterocycles. The number of urea groups is 1. The van der Waals surface area contributed by atoms with Crippen LogP contribution in [0.15, 0.2) is 48.8 Å². The molecule has 1 aliphatic heterocycles. The number of rotatable bonds is 3. The fourth-order valence-electron chi connectivity index (χ4n) is 4.34. The highest BCUT2D eigenvalue weighted by molar-refractivity contribution is 6.06. The minimum Gasteiger partial charge on any atom is -0.316 e. The Morgan fingerprint density at radius 1 is 1.07 bits per heavy atom. The van der Waals surface area contributed by atoms with Crippen LogP contribution < -0.4 is 16.0 Å². The van der Waals surface area contributed by atoms with E-state index >= 15 is 0 Å². The van der Waals surface area contributed by atoms with Gasteiger partial charge in [0.1, 0.15) is 11.6 Å². The molecular weight excluding hydrogens is 362 g/mol. The van der Waals surface area contributed by atoms with E-state index < -0.39 is 17.7 Å². The Labute approximate surface area is 160 Å². The average molecular weight is 380 g/mol. The fourth-order valence-corrected chi connectivity index (χ4v) is 4.34. The first kappa shape index (κ1) is 17.1. The van der Waals surface area contributed by atoms with Gasteiger partial charge in [0, 0.05) is 34.4 Å². The van der Waals surface area contributed by atoms with Gasteiger partial charge < -0.3 is 16.0 Å². The van der Waals surface area contributed by atoms with Gasteiger partial charge in [0.15, 0.2) is 0 Å². The van der Waals surface area contributed by atoms with Gasteiger partial charge in [-0.25, -0.2) is 13.6 Å². The number of pyridine rings is 1. The van der Waals surface area contributed by atoms with Gasteiger partial charge in [0.2, 0.25) is 0 Å². The third kappa shape index (κ3) is 2.88. The summed E-state index contributed by atoms with van der Waals surface area (Å²) in [6, 6.07) is 9.04. The van der Waals surface area contributed by atoms with Crippen molar-refractivity contribution in [1.82, 2.24) is 10.3 Å². The predicted molar refractivity (Wildman–Crippen MR) is 103 cm³/mol. The third-order valence-corrected chi connectivity index (χ3v) is 5.69. The molecule has 0 bridgehead atoms. The molecule has 1 saturated carbocycles. The number of nitrogens with zero attached hydrogens (tertiary/aromatic N) is 1. The van der Waals surface area contributed by atoms with Gasteiger partial charge >= 0.3 is 6.03 Å². The number of fused-ring (bicyclic) bond motifs is 2. The number of carbonyl (C=O) groups excluding carboxylic acids is 1. The standard InChI is InChI=1S/C21H18F2N4O/c22-16-6-12(7-17(23)20(16)19-14-9-25-10-15(14)19)26-21(28)27-18-3-1-2-11-8-24-5-4-13(11)18/h1-8,14-15,19,25H,9-10H2,(H2,26,27,28). The Morgan fingerprint density at radius 3 is 2.57 bits per heavy atom. The second kappa shape index (κ2) is 6.53. The van der Waals surface area contributed by atoms with E-state index in [2.05, 4.69) is 20.9 Å². The van der Waals surface area contributed by atoms with Crippen LogP contribution in [-0.4, -0.2) is 24.1 Å². The molecule has 2 atom stereocenters. The van der Waals surface area contributed by atoms with E-state index in [9.17, 15) is 13.6 Å². The lowest BCUT2D eigenvalue weighted by molar-refractivity contribution is 0.262. The quantitative estimate of drug-likeness (QED) is 0.641. The van der Waals surface area contributed by atoms with Crippen molar-refractivity contribution < 1.29 is 13.6 Å². The van der Waals surface area contributed by atoms with Gasteiger partial charge in [0.05, 0.1) is 5.69 Å². The Morgan fingerprint density at radius 2 is 1.82 bits per heavy atom. The van der Waals surface area contributed by atoms with Crippen molar-refractivity contribution >= 4 is 28.2 Å². The summed E-state index contributed by atoms with van der Waals surface area (Å²) in [5, 5.41) is 10.2. The molecule has 142 valence electrons. The van der Waals surface area contributed by atoms with Gasteiger partial charge in [-0.1, -0.05) is 12.1 Å². The third-order valence-electron chi connectivity index (χ3n) is 5.69. The van der Waals surface area contributed by atoms with Crippen molar-refractivity contribution in [1.29, 1.82) is 0 Å². The number of piperidine rings is 1. The topological polar surface area (TPSA) is 66.1 Å². The van der Waals surface area contributed by atoms with E-state index in [1.165, 1.54) is 12.1 Å². The van der Waals surface area contributed by atoms with E-state index in [0.29, 0.717) is 17.5 Å². The maximum absolute atomic E-state index is 14.6. The Hall–Kier alpha value is -3.06. The van der Waals surface area contributed by atoms with E-state index in [-0.39, 0.29) is 17.2 Å². The summed E-state index contributed by atoms with van der Waals surface area (Å²) in [6.07, 6.45) is 3.34. The number of hydrogen-bond donors (Lipinski definition) is 3. The van der Waals surface area contributed by atoms with Crippen LogP contribution in [0.25, 0.3) is 10.8 Å². The molecule has 3 aromatic rings. The minimum atomic E-state index is -0.606. The van der Waals surface area contributed by atoms with Crippen molar-refractivity contribution in [3.05, 3.63) is 66.0 Å². The van der Waals surface area contributed by atoms with Crippen molar-refractivity contribution in [2.75, 3.05) is 23.7 Å². The lowest BCUT2D eigenvalue weighted by atomic mass is 10.0. The second-order valence-electron chi connectivity index (χ2n) is 7.35. The van der Waals surface area contributed by atoms with Crippen LogP contribution in [0.5, 0.6) is 0 Å². The first-order valence-electron chi connectivity index (χ1n) is 9.22. The van der Waals surface area contributed by atoms with Crippen LogP contribution in [-0.2, 0) is 0 Å². The molecule has 2 aliphatic rings. The molecule has 0 spiro atoms. The summed E-state index contributed by atoms with van der Waals surface area (Å²) in [5.41, 5.74) is 0.819. The molecule has 5 rings (SSSR count). The Kier molecular flexibility index (Phi) is 3.98. The van der Waals surface area contributed by atoms with Gasteiger partial charge in [0.25, 0.3) is 0 Å². The summed E-state index contributed by atoms with van der Waals surface area (Å²) >= 11 is 0. The van der Waals surface area contributed by atoms with Crippen LogP contribution in [0.3, 0.4) is 0 Å². The number of anilines is 2. The summed E-state index contributed by atoms with van der Waals surface area (Å²) in [4.78, 5) is 16.4. The number of benzene rings is 2. The molecule has 7 heteroatoms. The van der Waals surface area contributed by atoms with E-state index in [4.69, 9.17) is 0 Å². The summed E-state index contributed by atoms with van der Waals surface area (Å²) in [5.74, 6) is -0.649. The lowest BCUT2D eigenvalue weighted by Crippen LogP contribution is -2.20. The zero-order valence-corrected chi connectivity index (χ0v) is 14.9. The number of amides is 2. The number of hydrogen-bond acceptors (Lipinski definition) is 3. The zero-order valence-electron chi connectivity index (χ0n) is 14.9. The van der Waals surface area contributed by atoms with Crippen LogP contribution in [0.4, 0.5) is 25.0 Å². The van der Waals surface area contributed by atoms with Gasteiger partial charge in [-0.15, -0.1) is 0 Å².